The van der Waals surface area contributed by atoms with Crippen molar-refractivity contribution in [2.75, 3.05) is 26.1 Å². The monoisotopic (exact) mass is 235 g/mol. The van der Waals surface area contributed by atoms with E-state index in [0.717, 1.165) is 11.4 Å². The number of hydrogen-bond donors (Lipinski definition) is 0. The van der Waals surface area contributed by atoms with Gasteiger partial charge in [0.05, 0.1) is 12.7 Å². The summed E-state index contributed by atoms with van der Waals surface area (Å²) in [4.78, 5) is 10.5. The molecular weight excluding hydrogens is 218 g/mol. The molecule has 0 aliphatic carbocycles. The van der Waals surface area contributed by atoms with Gasteiger partial charge in [0, 0.05) is 14.1 Å². The third-order valence-corrected chi connectivity index (χ3v) is 2.60. The van der Waals surface area contributed by atoms with Gasteiger partial charge in [0.1, 0.15) is 12.1 Å². The highest BCUT2D eigenvalue weighted by Crippen LogP contribution is 2.33. The Hall–Kier alpha value is -1.85. The van der Waals surface area contributed by atoms with Crippen molar-refractivity contribution in [1.29, 1.82) is 0 Å². The molecule has 0 atom stereocenters. The number of aromatic nitrogens is 4. The molecule has 2 rings (SSSR count). The molecular formula is C11H17N5O. The lowest BCUT2D eigenvalue weighted by Crippen LogP contribution is -2.18. The van der Waals surface area contributed by atoms with E-state index in [9.17, 15) is 0 Å². The van der Waals surface area contributed by atoms with Crippen molar-refractivity contribution in [2.45, 2.75) is 19.8 Å². The number of ether oxygens (including phenoxy) is 1. The lowest BCUT2D eigenvalue weighted by molar-refractivity contribution is 0.390. The molecule has 2 aromatic heterocycles. The second-order valence-electron chi connectivity index (χ2n) is 4.38. The van der Waals surface area contributed by atoms with Crippen LogP contribution >= 0.6 is 0 Å². The van der Waals surface area contributed by atoms with E-state index in [1.807, 2.05) is 19.0 Å². The van der Waals surface area contributed by atoms with Crippen molar-refractivity contribution in [2.24, 2.45) is 0 Å². The van der Waals surface area contributed by atoms with E-state index in [-0.39, 0.29) is 0 Å². The molecule has 0 aromatic carbocycles. The van der Waals surface area contributed by atoms with Crippen LogP contribution < -0.4 is 9.64 Å². The maximum Gasteiger partial charge on any atom is 0.257 e. The average molecular weight is 235 g/mol. The summed E-state index contributed by atoms with van der Waals surface area (Å²) in [5, 5.41) is 4.20. The molecule has 0 saturated heterocycles. The van der Waals surface area contributed by atoms with Crippen LogP contribution in [0.15, 0.2) is 6.33 Å². The predicted molar refractivity (Wildman–Crippen MR) is 65.8 cm³/mol. The first-order valence-electron chi connectivity index (χ1n) is 5.51. The molecule has 0 radical (unpaired) electrons. The minimum absolute atomic E-state index is 0.295. The lowest BCUT2D eigenvalue weighted by atomic mass is 10.1. The van der Waals surface area contributed by atoms with Gasteiger partial charge in [-0.1, -0.05) is 13.8 Å². The third kappa shape index (κ3) is 1.79. The summed E-state index contributed by atoms with van der Waals surface area (Å²) in [6.07, 6.45) is 1.50. The lowest BCUT2D eigenvalue weighted by Gasteiger charge is -2.21. The largest absolute Gasteiger partial charge is 0.481 e. The number of methoxy groups -OCH3 is 1. The molecule has 0 aliphatic heterocycles. The predicted octanol–water partition coefficient (Wildman–Crippen LogP) is 1.32. The van der Waals surface area contributed by atoms with E-state index in [2.05, 4.69) is 28.9 Å². The molecule has 0 spiro atoms. The van der Waals surface area contributed by atoms with Gasteiger partial charge in [-0.2, -0.15) is 19.6 Å². The molecule has 2 heterocycles. The van der Waals surface area contributed by atoms with E-state index in [0.29, 0.717) is 17.6 Å². The summed E-state index contributed by atoms with van der Waals surface area (Å²) in [6, 6.07) is 0. The zero-order valence-electron chi connectivity index (χ0n) is 10.8. The maximum absolute atomic E-state index is 5.36. The van der Waals surface area contributed by atoms with Gasteiger partial charge in [-0.15, -0.1) is 0 Å². The zero-order chi connectivity index (χ0) is 12.6. The van der Waals surface area contributed by atoms with Gasteiger partial charge >= 0.3 is 0 Å². The van der Waals surface area contributed by atoms with Gasteiger partial charge in [-0.25, -0.2) is 0 Å². The number of anilines is 1. The van der Waals surface area contributed by atoms with E-state index in [1.54, 1.807) is 11.6 Å². The molecule has 0 saturated carbocycles. The van der Waals surface area contributed by atoms with Crippen LogP contribution in [0.1, 0.15) is 25.3 Å². The Balaban J connectivity index is 2.84. The Kier molecular flexibility index (Phi) is 2.87. The average Bonchev–Trinajstić information content (AvgIpc) is 2.73. The molecule has 0 aliphatic rings. The fourth-order valence-corrected chi connectivity index (χ4v) is 1.91. The van der Waals surface area contributed by atoms with Crippen LogP contribution in [0.3, 0.4) is 0 Å². The van der Waals surface area contributed by atoms with Gasteiger partial charge < -0.3 is 9.64 Å². The third-order valence-electron chi connectivity index (χ3n) is 2.60. The minimum atomic E-state index is 0.295. The maximum atomic E-state index is 5.36. The summed E-state index contributed by atoms with van der Waals surface area (Å²) < 4.78 is 7.09. The molecule has 17 heavy (non-hydrogen) atoms. The number of rotatable bonds is 3. The minimum Gasteiger partial charge on any atom is -0.481 e. The van der Waals surface area contributed by atoms with Crippen molar-refractivity contribution >= 4 is 11.6 Å². The first-order valence-corrected chi connectivity index (χ1v) is 5.51. The molecule has 6 heteroatoms. The normalized spacial score (nSPS) is 11.2. The van der Waals surface area contributed by atoms with Crippen LogP contribution in [0.25, 0.3) is 5.78 Å². The fraction of sp³-hybridized carbons (Fsp3) is 0.545. The Morgan fingerprint density at radius 2 is 2.06 bits per heavy atom. The second-order valence-corrected chi connectivity index (χ2v) is 4.38. The van der Waals surface area contributed by atoms with Crippen molar-refractivity contribution in [3.63, 3.8) is 0 Å². The van der Waals surface area contributed by atoms with Gasteiger partial charge in [-0.05, 0) is 5.92 Å². The first-order chi connectivity index (χ1) is 8.06. The highest BCUT2D eigenvalue weighted by Gasteiger charge is 2.21. The first kappa shape index (κ1) is 11.6. The van der Waals surface area contributed by atoms with Crippen LogP contribution in [0, 0.1) is 0 Å². The summed E-state index contributed by atoms with van der Waals surface area (Å²) in [5.41, 5.74) is 1.04. The van der Waals surface area contributed by atoms with Crippen LogP contribution in [0.4, 0.5) is 5.82 Å². The number of fused-ring (bicyclic) bond motifs is 1. The zero-order valence-corrected chi connectivity index (χ0v) is 10.8. The molecule has 0 unspecified atom stereocenters. The van der Waals surface area contributed by atoms with E-state index >= 15 is 0 Å². The molecule has 2 aromatic rings. The highest BCUT2D eigenvalue weighted by molar-refractivity contribution is 5.57. The number of hydrogen-bond acceptors (Lipinski definition) is 5. The van der Waals surface area contributed by atoms with Crippen LogP contribution in [0.5, 0.6) is 5.88 Å². The van der Waals surface area contributed by atoms with Crippen molar-refractivity contribution in [3.05, 3.63) is 11.9 Å². The molecule has 0 bridgehead atoms. The van der Waals surface area contributed by atoms with Gasteiger partial charge in [-0.3, -0.25) is 0 Å². The Morgan fingerprint density at radius 1 is 1.35 bits per heavy atom. The Labute approximate surface area is 100 Å². The van der Waals surface area contributed by atoms with Crippen LogP contribution in [-0.2, 0) is 0 Å². The number of nitrogens with zero attached hydrogens (tertiary/aromatic N) is 5. The quantitative estimate of drug-likeness (QED) is 0.803. The van der Waals surface area contributed by atoms with Gasteiger partial charge in [0.25, 0.3) is 5.78 Å². The summed E-state index contributed by atoms with van der Waals surface area (Å²) in [7, 11) is 5.57. The van der Waals surface area contributed by atoms with Crippen molar-refractivity contribution in [3.8, 4) is 5.88 Å². The SMILES string of the molecule is COc1nc2ncnn2c(N(C)C)c1C(C)C. The Morgan fingerprint density at radius 3 is 2.59 bits per heavy atom. The fourth-order valence-electron chi connectivity index (χ4n) is 1.91. The molecule has 92 valence electrons. The summed E-state index contributed by atoms with van der Waals surface area (Å²) in [6.45, 7) is 4.21. The van der Waals surface area contributed by atoms with Crippen LogP contribution in [0.2, 0.25) is 0 Å². The second kappa shape index (κ2) is 4.20. The molecule has 0 fully saturated rings. The van der Waals surface area contributed by atoms with Crippen molar-refractivity contribution in [1.82, 2.24) is 19.6 Å². The molecule has 0 amide bonds. The van der Waals surface area contributed by atoms with E-state index in [1.165, 1.54) is 6.33 Å². The van der Waals surface area contributed by atoms with E-state index < -0.39 is 0 Å². The smallest absolute Gasteiger partial charge is 0.257 e. The topological polar surface area (TPSA) is 55.6 Å². The summed E-state index contributed by atoms with van der Waals surface area (Å²) >= 11 is 0. The standard InChI is InChI=1S/C11H17N5O/c1-7(2)8-9(17-5)14-11-12-6-13-16(11)10(8)15(3)4/h6-7H,1-5H3. The highest BCUT2D eigenvalue weighted by atomic mass is 16.5. The molecule has 0 N–H and O–H groups in total. The van der Waals surface area contributed by atoms with Gasteiger partial charge in [0.15, 0.2) is 0 Å². The van der Waals surface area contributed by atoms with Crippen LogP contribution in [-0.4, -0.2) is 40.8 Å². The summed E-state index contributed by atoms with van der Waals surface area (Å²) in [5.74, 6) is 2.42. The van der Waals surface area contributed by atoms with Crippen molar-refractivity contribution < 1.29 is 4.74 Å². The molecule has 6 nitrogen and oxygen atoms in total. The van der Waals surface area contributed by atoms with E-state index in [4.69, 9.17) is 4.74 Å². The van der Waals surface area contributed by atoms with Gasteiger partial charge in [0.2, 0.25) is 5.88 Å². The Bertz CT molecular complexity index is 532.